The highest BCUT2D eigenvalue weighted by Crippen LogP contribution is 2.29. The summed E-state index contributed by atoms with van der Waals surface area (Å²) < 4.78 is 11.4. The monoisotopic (exact) mass is 309 g/mol. The molecular weight excluding hydrogens is 290 g/mol. The van der Waals surface area contributed by atoms with Crippen LogP contribution in [0.25, 0.3) is 0 Å². The molecule has 0 aliphatic carbocycles. The van der Waals surface area contributed by atoms with Crippen molar-refractivity contribution in [3.8, 4) is 5.75 Å². The molecule has 0 radical (unpaired) electrons. The summed E-state index contributed by atoms with van der Waals surface area (Å²) in [5.41, 5.74) is 1.12. The first-order chi connectivity index (χ1) is 10.3. The van der Waals surface area contributed by atoms with E-state index in [1.807, 2.05) is 29.2 Å². The Morgan fingerprint density at radius 1 is 1.33 bits per heavy atom. The number of fused-ring (bicyclic) bond motifs is 1. The molecule has 1 aromatic carbocycles. The molecule has 114 valence electrons. The molecule has 4 nitrogen and oxygen atoms in total. The largest absolute Gasteiger partial charge is 0.480 e. The van der Waals surface area contributed by atoms with Crippen molar-refractivity contribution in [2.45, 2.75) is 31.5 Å². The van der Waals surface area contributed by atoms with E-state index >= 15 is 0 Å². The number of alkyl halides is 1. The van der Waals surface area contributed by atoms with Gasteiger partial charge in [0.25, 0.3) is 5.91 Å². The lowest BCUT2D eigenvalue weighted by molar-refractivity contribution is -0.140. The number of hydrogen-bond donors (Lipinski definition) is 0. The van der Waals surface area contributed by atoms with Gasteiger partial charge < -0.3 is 14.4 Å². The van der Waals surface area contributed by atoms with Crippen LogP contribution in [0.3, 0.4) is 0 Å². The molecule has 1 fully saturated rings. The van der Waals surface area contributed by atoms with Crippen LogP contribution < -0.4 is 4.74 Å². The Balaban J connectivity index is 1.52. The van der Waals surface area contributed by atoms with Gasteiger partial charge in [-0.2, -0.15) is 0 Å². The molecule has 1 unspecified atom stereocenters. The quantitative estimate of drug-likeness (QED) is 0.801. The second kappa shape index (κ2) is 6.67. The SMILES string of the molecule is O=C(C1Cc2ccccc2O1)N1CCC(OCCCl)CC1. The number of carbonyl (C=O) groups excluding carboxylic acids is 1. The van der Waals surface area contributed by atoms with Crippen LogP contribution in [0.2, 0.25) is 0 Å². The number of benzene rings is 1. The number of nitrogens with zero attached hydrogens (tertiary/aromatic N) is 1. The van der Waals surface area contributed by atoms with Gasteiger partial charge in [0, 0.05) is 25.4 Å². The first-order valence-corrected chi connectivity index (χ1v) is 8.02. The summed E-state index contributed by atoms with van der Waals surface area (Å²) >= 11 is 5.62. The summed E-state index contributed by atoms with van der Waals surface area (Å²) in [7, 11) is 0. The first-order valence-electron chi connectivity index (χ1n) is 7.49. The van der Waals surface area contributed by atoms with Crippen molar-refractivity contribution in [2.24, 2.45) is 0 Å². The van der Waals surface area contributed by atoms with Crippen LogP contribution in [0, 0.1) is 0 Å². The van der Waals surface area contributed by atoms with E-state index in [-0.39, 0.29) is 18.1 Å². The van der Waals surface area contributed by atoms with E-state index < -0.39 is 0 Å². The first kappa shape index (κ1) is 14.7. The third-order valence-electron chi connectivity index (χ3n) is 4.11. The van der Waals surface area contributed by atoms with Gasteiger partial charge in [-0.05, 0) is 24.5 Å². The molecule has 2 aliphatic heterocycles. The Labute approximate surface area is 130 Å². The minimum absolute atomic E-state index is 0.0991. The van der Waals surface area contributed by atoms with Crippen molar-refractivity contribution in [1.82, 2.24) is 4.90 Å². The van der Waals surface area contributed by atoms with Gasteiger partial charge in [0.05, 0.1) is 12.7 Å². The van der Waals surface area contributed by atoms with Gasteiger partial charge in [0.1, 0.15) is 5.75 Å². The topological polar surface area (TPSA) is 38.8 Å². The molecule has 2 heterocycles. The molecule has 0 spiro atoms. The number of carbonyl (C=O) groups is 1. The Bertz CT molecular complexity index is 475. The predicted molar refractivity (Wildman–Crippen MR) is 80.8 cm³/mol. The van der Waals surface area contributed by atoms with Crippen molar-refractivity contribution in [1.29, 1.82) is 0 Å². The number of piperidine rings is 1. The summed E-state index contributed by atoms with van der Waals surface area (Å²) in [6, 6.07) is 7.86. The fourth-order valence-electron chi connectivity index (χ4n) is 2.98. The third-order valence-corrected chi connectivity index (χ3v) is 4.26. The van der Waals surface area contributed by atoms with E-state index in [1.165, 1.54) is 0 Å². The van der Waals surface area contributed by atoms with Crippen molar-refractivity contribution in [3.63, 3.8) is 0 Å². The maximum Gasteiger partial charge on any atom is 0.263 e. The maximum atomic E-state index is 12.5. The summed E-state index contributed by atoms with van der Waals surface area (Å²) in [4.78, 5) is 14.4. The number of likely N-dealkylation sites (tertiary alicyclic amines) is 1. The van der Waals surface area contributed by atoms with Gasteiger partial charge in [0.15, 0.2) is 6.10 Å². The van der Waals surface area contributed by atoms with Crippen LogP contribution in [0.15, 0.2) is 24.3 Å². The summed E-state index contributed by atoms with van der Waals surface area (Å²) in [5.74, 6) is 1.46. The van der Waals surface area contributed by atoms with Gasteiger partial charge >= 0.3 is 0 Å². The molecule has 1 aromatic rings. The zero-order valence-electron chi connectivity index (χ0n) is 12.0. The van der Waals surface area contributed by atoms with Crippen LogP contribution >= 0.6 is 11.6 Å². The number of para-hydroxylation sites is 1. The molecular formula is C16H20ClNO3. The van der Waals surface area contributed by atoms with E-state index in [9.17, 15) is 4.79 Å². The molecule has 0 N–H and O–H groups in total. The predicted octanol–water partition coefficient (Wildman–Crippen LogP) is 2.24. The second-order valence-corrected chi connectivity index (χ2v) is 5.88. The van der Waals surface area contributed by atoms with E-state index in [0.717, 1.165) is 37.2 Å². The van der Waals surface area contributed by atoms with Crippen LogP contribution in [0.1, 0.15) is 18.4 Å². The van der Waals surface area contributed by atoms with Crippen molar-refractivity contribution in [3.05, 3.63) is 29.8 Å². The summed E-state index contributed by atoms with van der Waals surface area (Å²) in [6.45, 7) is 2.06. The van der Waals surface area contributed by atoms with Gasteiger partial charge in [0.2, 0.25) is 0 Å². The van der Waals surface area contributed by atoms with Crippen LogP contribution in [0.4, 0.5) is 0 Å². The Kier molecular flexibility index (Phi) is 4.66. The molecule has 1 amide bonds. The molecule has 1 saturated heterocycles. The Hall–Kier alpha value is -1.26. The van der Waals surface area contributed by atoms with Gasteiger partial charge in [-0.1, -0.05) is 18.2 Å². The zero-order valence-corrected chi connectivity index (χ0v) is 12.7. The van der Waals surface area contributed by atoms with Crippen LogP contribution in [0.5, 0.6) is 5.75 Å². The van der Waals surface area contributed by atoms with Gasteiger partial charge in [-0.25, -0.2) is 0 Å². The van der Waals surface area contributed by atoms with Gasteiger partial charge in [-0.15, -0.1) is 11.6 Å². The highest BCUT2D eigenvalue weighted by atomic mass is 35.5. The highest BCUT2D eigenvalue weighted by Gasteiger charge is 2.33. The molecule has 0 aromatic heterocycles. The van der Waals surface area contributed by atoms with Crippen LogP contribution in [-0.2, 0) is 16.0 Å². The molecule has 1 atom stereocenters. The molecule has 21 heavy (non-hydrogen) atoms. The average Bonchev–Trinajstić information content (AvgIpc) is 2.96. The number of halogens is 1. The second-order valence-electron chi connectivity index (χ2n) is 5.50. The molecule has 0 bridgehead atoms. The van der Waals surface area contributed by atoms with E-state index in [1.54, 1.807) is 0 Å². The smallest absolute Gasteiger partial charge is 0.263 e. The minimum Gasteiger partial charge on any atom is -0.480 e. The lowest BCUT2D eigenvalue weighted by atomic mass is 10.1. The molecule has 0 saturated carbocycles. The Morgan fingerprint density at radius 2 is 2.10 bits per heavy atom. The van der Waals surface area contributed by atoms with Gasteiger partial charge in [-0.3, -0.25) is 4.79 Å². The molecule has 5 heteroatoms. The zero-order chi connectivity index (χ0) is 14.7. The molecule has 3 rings (SSSR count). The Morgan fingerprint density at radius 3 is 2.81 bits per heavy atom. The molecule has 2 aliphatic rings. The van der Waals surface area contributed by atoms with E-state index in [2.05, 4.69) is 0 Å². The van der Waals surface area contributed by atoms with Crippen molar-refractivity contribution < 1.29 is 14.3 Å². The van der Waals surface area contributed by atoms with E-state index in [4.69, 9.17) is 21.1 Å². The standard InChI is InChI=1S/C16H20ClNO3/c17-7-10-20-13-5-8-18(9-6-13)16(19)15-11-12-3-1-2-4-14(12)21-15/h1-4,13,15H,5-11H2. The van der Waals surface area contributed by atoms with Crippen molar-refractivity contribution >= 4 is 17.5 Å². The number of amides is 1. The number of hydrogen-bond acceptors (Lipinski definition) is 3. The fraction of sp³-hybridized carbons (Fsp3) is 0.562. The van der Waals surface area contributed by atoms with E-state index in [0.29, 0.717) is 18.9 Å². The maximum absolute atomic E-state index is 12.5. The fourth-order valence-corrected chi connectivity index (χ4v) is 3.07. The lowest BCUT2D eigenvalue weighted by Crippen LogP contribution is -2.46. The van der Waals surface area contributed by atoms with Crippen LogP contribution in [-0.4, -0.2) is 48.6 Å². The lowest BCUT2D eigenvalue weighted by Gasteiger charge is -2.33. The number of ether oxygens (including phenoxy) is 2. The summed E-state index contributed by atoms with van der Waals surface area (Å²) in [6.07, 6.45) is 2.31. The highest BCUT2D eigenvalue weighted by molar-refractivity contribution is 6.17. The summed E-state index contributed by atoms with van der Waals surface area (Å²) in [5, 5.41) is 0. The normalized spacial score (nSPS) is 22.0. The van der Waals surface area contributed by atoms with Crippen molar-refractivity contribution in [2.75, 3.05) is 25.6 Å². The minimum atomic E-state index is -0.359. The number of rotatable bonds is 4. The third kappa shape index (κ3) is 3.33. The average molecular weight is 310 g/mol.